The van der Waals surface area contributed by atoms with Crippen LogP contribution in [-0.4, -0.2) is 4.98 Å². The van der Waals surface area contributed by atoms with Crippen LogP contribution < -0.4 is 0 Å². The first kappa shape index (κ1) is 31.9. The van der Waals surface area contributed by atoms with Crippen molar-refractivity contribution < 1.29 is 0 Å². The molecule has 9 aromatic carbocycles. The molecular formula is C53H37N. The Labute approximate surface area is 315 Å². The maximum Gasteiger partial charge on any atom is 0.0708 e. The number of aromatic nitrogens is 1. The van der Waals surface area contributed by atoms with Gasteiger partial charge in [-0.15, -0.1) is 0 Å². The van der Waals surface area contributed by atoms with Gasteiger partial charge >= 0.3 is 0 Å². The number of nitrogens with zero attached hydrogens (tertiary/aromatic N) is 1. The van der Waals surface area contributed by atoms with E-state index >= 15 is 0 Å². The SMILES string of the molecule is Cc1cccc(C)c1-c1ccc(-c2c3ccccc3c(-c3ccc(-c4ccc(-c5cccc6ccccc56)nc4)cc3)c3ccccc23)c2ccccc12. The maximum absolute atomic E-state index is 4.93. The van der Waals surface area contributed by atoms with Gasteiger partial charge in [-0.05, 0) is 113 Å². The van der Waals surface area contributed by atoms with Crippen LogP contribution in [0.1, 0.15) is 11.1 Å². The number of rotatable bonds is 5. The predicted octanol–water partition coefficient (Wildman–Crippen LogP) is 14.6. The predicted molar refractivity (Wildman–Crippen MR) is 231 cm³/mol. The third-order valence-electron chi connectivity index (χ3n) is 11.2. The number of benzene rings is 9. The fourth-order valence-corrected chi connectivity index (χ4v) is 8.71. The highest BCUT2D eigenvalue weighted by atomic mass is 14.7. The summed E-state index contributed by atoms with van der Waals surface area (Å²) in [6.45, 7) is 4.44. The van der Waals surface area contributed by atoms with Gasteiger partial charge in [0.15, 0.2) is 0 Å². The van der Waals surface area contributed by atoms with Gasteiger partial charge in [0.25, 0.3) is 0 Å². The summed E-state index contributed by atoms with van der Waals surface area (Å²) in [4.78, 5) is 4.93. The monoisotopic (exact) mass is 687 g/mol. The Morgan fingerprint density at radius 3 is 1.35 bits per heavy atom. The largest absolute Gasteiger partial charge is 0.256 e. The highest BCUT2D eigenvalue weighted by Crippen LogP contribution is 2.47. The van der Waals surface area contributed by atoms with Gasteiger partial charge in [0.2, 0.25) is 0 Å². The van der Waals surface area contributed by atoms with Crippen molar-refractivity contribution in [1.82, 2.24) is 4.98 Å². The van der Waals surface area contributed by atoms with Gasteiger partial charge in [-0.1, -0.05) is 176 Å². The molecule has 0 bridgehead atoms. The summed E-state index contributed by atoms with van der Waals surface area (Å²) in [5.41, 5.74) is 14.6. The molecule has 0 spiro atoms. The van der Waals surface area contributed by atoms with Gasteiger partial charge < -0.3 is 0 Å². The smallest absolute Gasteiger partial charge is 0.0708 e. The first-order valence-corrected chi connectivity index (χ1v) is 18.7. The molecule has 0 N–H and O–H groups in total. The van der Waals surface area contributed by atoms with E-state index in [9.17, 15) is 0 Å². The fraction of sp³-hybridized carbons (Fsp3) is 0.0377. The number of hydrogen-bond donors (Lipinski definition) is 0. The van der Waals surface area contributed by atoms with Crippen molar-refractivity contribution in [2.75, 3.05) is 0 Å². The van der Waals surface area contributed by atoms with E-state index in [1.807, 2.05) is 6.20 Å². The van der Waals surface area contributed by atoms with E-state index in [-0.39, 0.29) is 0 Å². The lowest BCUT2D eigenvalue weighted by Crippen LogP contribution is -1.94. The summed E-state index contributed by atoms with van der Waals surface area (Å²) in [5.74, 6) is 0. The van der Waals surface area contributed by atoms with Crippen molar-refractivity contribution in [3.8, 4) is 55.8 Å². The van der Waals surface area contributed by atoms with E-state index in [4.69, 9.17) is 4.98 Å². The standard InChI is InChI=1S/C53H37N/c1-34-13-11-14-35(2)51(34)48-30-31-49(42-19-6-5-18-41(42)48)53-46-22-9-7-20-44(46)52(45-21-8-10-23-47(45)53)38-27-25-36(26-28-38)39-29-32-50(54-33-39)43-24-12-16-37-15-3-4-17-40(37)43/h3-33H,1-2H3. The van der Waals surface area contributed by atoms with E-state index in [0.717, 1.165) is 22.4 Å². The number of pyridine rings is 1. The summed E-state index contributed by atoms with van der Waals surface area (Å²) in [6.07, 6.45) is 2.00. The van der Waals surface area contributed by atoms with Crippen molar-refractivity contribution in [3.63, 3.8) is 0 Å². The van der Waals surface area contributed by atoms with Crippen LogP contribution in [0.2, 0.25) is 0 Å². The van der Waals surface area contributed by atoms with Gasteiger partial charge in [0.1, 0.15) is 0 Å². The first-order chi connectivity index (χ1) is 26.6. The molecule has 0 aliphatic rings. The molecule has 0 atom stereocenters. The molecule has 1 heterocycles. The van der Waals surface area contributed by atoms with E-state index in [1.54, 1.807) is 0 Å². The van der Waals surface area contributed by atoms with Gasteiger partial charge in [-0.2, -0.15) is 0 Å². The summed E-state index contributed by atoms with van der Waals surface area (Å²) < 4.78 is 0. The van der Waals surface area contributed by atoms with Crippen LogP contribution in [-0.2, 0) is 0 Å². The van der Waals surface area contributed by atoms with Crippen molar-refractivity contribution in [1.29, 1.82) is 0 Å². The zero-order valence-electron chi connectivity index (χ0n) is 30.3. The second kappa shape index (κ2) is 13.0. The molecular weight excluding hydrogens is 651 g/mol. The van der Waals surface area contributed by atoms with Crippen LogP contribution in [0.5, 0.6) is 0 Å². The van der Waals surface area contributed by atoms with Crippen molar-refractivity contribution in [2.45, 2.75) is 13.8 Å². The van der Waals surface area contributed by atoms with E-state index < -0.39 is 0 Å². The fourth-order valence-electron chi connectivity index (χ4n) is 8.71. The molecule has 0 unspecified atom stereocenters. The molecule has 10 aromatic rings. The molecule has 0 aliphatic heterocycles. The molecule has 0 saturated carbocycles. The molecule has 0 amide bonds. The summed E-state index contributed by atoms with van der Waals surface area (Å²) >= 11 is 0. The molecule has 1 aromatic heterocycles. The molecule has 254 valence electrons. The van der Waals surface area contributed by atoms with Gasteiger partial charge in [0, 0.05) is 17.3 Å². The van der Waals surface area contributed by atoms with Crippen molar-refractivity contribution >= 4 is 43.1 Å². The van der Waals surface area contributed by atoms with Crippen LogP contribution in [0, 0.1) is 13.8 Å². The molecule has 0 radical (unpaired) electrons. The summed E-state index contributed by atoms with van der Waals surface area (Å²) in [7, 11) is 0. The van der Waals surface area contributed by atoms with E-state index in [0.29, 0.717) is 0 Å². The minimum Gasteiger partial charge on any atom is -0.256 e. The van der Waals surface area contributed by atoms with Gasteiger partial charge in [-0.3, -0.25) is 4.98 Å². The van der Waals surface area contributed by atoms with Gasteiger partial charge in [-0.25, -0.2) is 0 Å². The molecule has 1 nitrogen and oxygen atoms in total. The third kappa shape index (κ3) is 5.20. The quantitative estimate of drug-likeness (QED) is 0.164. The average molecular weight is 688 g/mol. The molecule has 0 fully saturated rings. The lowest BCUT2D eigenvalue weighted by atomic mass is 9.83. The van der Waals surface area contributed by atoms with Crippen LogP contribution in [0.15, 0.2) is 188 Å². The van der Waals surface area contributed by atoms with Crippen LogP contribution in [0.3, 0.4) is 0 Å². The van der Waals surface area contributed by atoms with Crippen LogP contribution in [0.25, 0.3) is 98.9 Å². The minimum atomic E-state index is 0.984. The molecule has 0 saturated heterocycles. The van der Waals surface area contributed by atoms with Crippen molar-refractivity contribution in [2.24, 2.45) is 0 Å². The lowest BCUT2D eigenvalue weighted by Gasteiger charge is -2.20. The van der Waals surface area contributed by atoms with Crippen molar-refractivity contribution in [3.05, 3.63) is 199 Å². The Morgan fingerprint density at radius 1 is 0.296 bits per heavy atom. The maximum atomic E-state index is 4.93. The third-order valence-corrected chi connectivity index (χ3v) is 11.2. The highest BCUT2D eigenvalue weighted by molar-refractivity contribution is 6.24. The first-order valence-electron chi connectivity index (χ1n) is 18.7. The second-order valence-electron chi connectivity index (χ2n) is 14.4. The number of fused-ring (bicyclic) bond motifs is 4. The lowest BCUT2D eigenvalue weighted by molar-refractivity contribution is 1.33. The Hall–Kier alpha value is -6.83. The second-order valence-corrected chi connectivity index (χ2v) is 14.4. The normalized spacial score (nSPS) is 11.5. The van der Waals surface area contributed by atoms with Crippen LogP contribution in [0.4, 0.5) is 0 Å². The van der Waals surface area contributed by atoms with E-state index in [1.165, 1.54) is 87.6 Å². The van der Waals surface area contributed by atoms with E-state index in [2.05, 4.69) is 196 Å². The highest BCUT2D eigenvalue weighted by Gasteiger charge is 2.20. The topological polar surface area (TPSA) is 12.9 Å². The Kier molecular flexibility index (Phi) is 7.66. The summed E-state index contributed by atoms with van der Waals surface area (Å²) in [5, 5.41) is 10.0. The van der Waals surface area contributed by atoms with Crippen LogP contribution >= 0.6 is 0 Å². The Morgan fingerprint density at radius 2 is 0.759 bits per heavy atom. The molecule has 1 heteroatoms. The molecule has 0 aliphatic carbocycles. The summed E-state index contributed by atoms with van der Waals surface area (Å²) in [6, 6.07) is 66.3. The number of hydrogen-bond acceptors (Lipinski definition) is 1. The molecule has 54 heavy (non-hydrogen) atoms. The Balaban J connectivity index is 1.10. The zero-order chi connectivity index (χ0) is 36.2. The number of aryl methyl sites for hydroxylation is 2. The average Bonchev–Trinajstić information content (AvgIpc) is 3.23. The zero-order valence-corrected chi connectivity index (χ0v) is 30.3. The molecule has 10 rings (SSSR count). The Bertz CT molecular complexity index is 2960. The van der Waals surface area contributed by atoms with Gasteiger partial charge in [0.05, 0.1) is 5.69 Å². The minimum absolute atomic E-state index is 0.984.